The summed E-state index contributed by atoms with van der Waals surface area (Å²) in [6.07, 6.45) is 5.36. The van der Waals surface area contributed by atoms with Crippen molar-refractivity contribution in [3.8, 4) is 0 Å². The minimum Gasteiger partial charge on any atom is -0.329 e. The normalized spacial score (nSPS) is 32.6. The van der Waals surface area contributed by atoms with Crippen molar-refractivity contribution in [2.24, 2.45) is 11.1 Å². The molecule has 1 aliphatic carbocycles. The quantitative estimate of drug-likeness (QED) is 0.775. The zero-order valence-corrected chi connectivity index (χ0v) is 10.8. The van der Waals surface area contributed by atoms with Crippen molar-refractivity contribution < 1.29 is 0 Å². The van der Waals surface area contributed by atoms with Gasteiger partial charge in [-0.1, -0.05) is 6.92 Å². The summed E-state index contributed by atoms with van der Waals surface area (Å²) in [7, 11) is 0. The zero-order chi connectivity index (χ0) is 11.3. The summed E-state index contributed by atoms with van der Waals surface area (Å²) in [5.74, 6) is 0. The molecule has 0 bridgehead atoms. The molecular weight excluding hydrogens is 184 g/mol. The molecule has 2 fully saturated rings. The number of rotatable bonds is 3. The van der Waals surface area contributed by atoms with E-state index in [1.807, 2.05) is 0 Å². The highest BCUT2D eigenvalue weighted by Gasteiger charge is 2.58. The predicted octanol–water partition coefficient (Wildman–Crippen LogP) is 2.38. The Balaban J connectivity index is 2.26. The molecule has 88 valence electrons. The van der Waals surface area contributed by atoms with Crippen molar-refractivity contribution in [1.82, 2.24) is 4.90 Å². The molecule has 2 heteroatoms. The second-order valence-electron chi connectivity index (χ2n) is 6.61. The molecule has 0 amide bonds. The van der Waals surface area contributed by atoms with Crippen LogP contribution in [0, 0.1) is 5.41 Å². The lowest BCUT2D eigenvalue weighted by atomic mass is 9.80. The molecule has 0 aromatic heterocycles. The third-order valence-electron chi connectivity index (χ3n) is 5.19. The van der Waals surface area contributed by atoms with E-state index in [1.54, 1.807) is 0 Å². The Hall–Kier alpha value is -0.0800. The fraction of sp³-hybridized carbons (Fsp3) is 1.00. The Bertz CT molecular complexity index is 255. The fourth-order valence-corrected chi connectivity index (χ4v) is 3.43. The van der Waals surface area contributed by atoms with Gasteiger partial charge in [-0.3, -0.25) is 4.90 Å². The second-order valence-corrected chi connectivity index (χ2v) is 6.61. The molecule has 0 radical (unpaired) electrons. The van der Waals surface area contributed by atoms with Crippen molar-refractivity contribution in [3.63, 3.8) is 0 Å². The van der Waals surface area contributed by atoms with E-state index in [2.05, 4.69) is 32.6 Å². The maximum atomic E-state index is 6.09. The summed E-state index contributed by atoms with van der Waals surface area (Å²) in [5.41, 5.74) is 7.13. The van der Waals surface area contributed by atoms with Gasteiger partial charge in [0, 0.05) is 17.6 Å². The van der Waals surface area contributed by atoms with Gasteiger partial charge in [0.2, 0.25) is 0 Å². The molecule has 2 rings (SSSR count). The number of hydrogen-bond acceptors (Lipinski definition) is 2. The second kappa shape index (κ2) is 3.21. The van der Waals surface area contributed by atoms with Crippen LogP contribution in [0.4, 0.5) is 0 Å². The van der Waals surface area contributed by atoms with Crippen LogP contribution in [-0.4, -0.2) is 29.1 Å². The fourth-order valence-electron chi connectivity index (χ4n) is 3.43. The van der Waals surface area contributed by atoms with E-state index in [4.69, 9.17) is 5.73 Å². The number of nitrogens with zero attached hydrogens (tertiary/aromatic N) is 1. The monoisotopic (exact) mass is 210 g/mol. The third kappa shape index (κ3) is 1.53. The van der Waals surface area contributed by atoms with Gasteiger partial charge in [0.05, 0.1) is 0 Å². The molecular formula is C13H26N2. The minimum atomic E-state index is 0.215. The van der Waals surface area contributed by atoms with Crippen LogP contribution in [0.3, 0.4) is 0 Å². The maximum Gasteiger partial charge on any atom is 0.0362 e. The topological polar surface area (TPSA) is 29.3 Å². The molecule has 1 aliphatic heterocycles. The van der Waals surface area contributed by atoms with Crippen molar-refractivity contribution in [2.75, 3.05) is 13.1 Å². The Kier molecular flexibility index (Phi) is 2.44. The maximum absolute atomic E-state index is 6.09. The average molecular weight is 210 g/mol. The Morgan fingerprint density at radius 1 is 1.20 bits per heavy atom. The molecule has 1 unspecified atom stereocenters. The number of likely N-dealkylation sites (tertiary alicyclic amines) is 1. The summed E-state index contributed by atoms with van der Waals surface area (Å²) in [5, 5.41) is 0. The van der Waals surface area contributed by atoms with Gasteiger partial charge in [0.25, 0.3) is 0 Å². The summed E-state index contributed by atoms with van der Waals surface area (Å²) < 4.78 is 0. The molecule has 1 saturated heterocycles. The lowest BCUT2D eigenvalue weighted by Gasteiger charge is -2.50. The first-order chi connectivity index (χ1) is 6.86. The van der Waals surface area contributed by atoms with E-state index < -0.39 is 0 Å². The first-order valence-corrected chi connectivity index (χ1v) is 6.34. The van der Waals surface area contributed by atoms with Crippen LogP contribution in [0.5, 0.6) is 0 Å². The molecule has 0 spiro atoms. The Morgan fingerprint density at radius 2 is 1.80 bits per heavy atom. The molecule has 1 saturated carbocycles. The van der Waals surface area contributed by atoms with Gasteiger partial charge in [-0.05, 0) is 58.4 Å². The first-order valence-electron chi connectivity index (χ1n) is 6.34. The summed E-state index contributed by atoms with van der Waals surface area (Å²) in [4.78, 5) is 2.69. The standard InChI is InChI=1S/C13H26N2/c1-11(2)6-5-9-15(11)13(4,10-14)12(3)7-8-12/h5-10,14H2,1-4H3. The van der Waals surface area contributed by atoms with Crippen molar-refractivity contribution >= 4 is 0 Å². The largest absolute Gasteiger partial charge is 0.329 e. The van der Waals surface area contributed by atoms with E-state index in [9.17, 15) is 0 Å². The molecule has 2 nitrogen and oxygen atoms in total. The van der Waals surface area contributed by atoms with E-state index in [0.717, 1.165) is 6.54 Å². The van der Waals surface area contributed by atoms with Gasteiger partial charge < -0.3 is 5.73 Å². The molecule has 1 atom stereocenters. The molecule has 1 heterocycles. The lowest BCUT2D eigenvalue weighted by molar-refractivity contribution is -0.000564. The minimum absolute atomic E-state index is 0.215. The van der Waals surface area contributed by atoms with Gasteiger partial charge >= 0.3 is 0 Å². The van der Waals surface area contributed by atoms with Gasteiger partial charge in [0.15, 0.2) is 0 Å². The predicted molar refractivity (Wildman–Crippen MR) is 64.8 cm³/mol. The van der Waals surface area contributed by atoms with E-state index in [-0.39, 0.29) is 5.54 Å². The van der Waals surface area contributed by atoms with E-state index >= 15 is 0 Å². The van der Waals surface area contributed by atoms with Crippen LogP contribution in [0.15, 0.2) is 0 Å². The molecule has 2 N–H and O–H groups in total. The average Bonchev–Trinajstić information content (AvgIpc) is 2.81. The first kappa shape index (κ1) is 11.4. The highest BCUT2D eigenvalue weighted by molar-refractivity contribution is 5.13. The van der Waals surface area contributed by atoms with E-state index in [0.29, 0.717) is 11.0 Å². The number of nitrogens with two attached hydrogens (primary N) is 1. The molecule has 2 aliphatic rings. The van der Waals surface area contributed by atoms with Crippen LogP contribution in [0.2, 0.25) is 0 Å². The number of hydrogen-bond donors (Lipinski definition) is 1. The highest BCUT2D eigenvalue weighted by atomic mass is 15.3. The van der Waals surface area contributed by atoms with Gasteiger partial charge in [-0.2, -0.15) is 0 Å². The van der Waals surface area contributed by atoms with Crippen LogP contribution < -0.4 is 5.73 Å². The van der Waals surface area contributed by atoms with Crippen molar-refractivity contribution in [1.29, 1.82) is 0 Å². The van der Waals surface area contributed by atoms with E-state index in [1.165, 1.54) is 32.2 Å². The van der Waals surface area contributed by atoms with Gasteiger partial charge in [-0.25, -0.2) is 0 Å². The van der Waals surface area contributed by atoms with Crippen LogP contribution in [-0.2, 0) is 0 Å². The van der Waals surface area contributed by atoms with Gasteiger partial charge in [-0.15, -0.1) is 0 Å². The highest BCUT2D eigenvalue weighted by Crippen LogP contribution is 2.57. The SMILES string of the molecule is CC1(C)CCCN1C(C)(CN)C1(C)CC1. The molecule has 15 heavy (non-hydrogen) atoms. The van der Waals surface area contributed by atoms with Crippen LogP contribution >= 0.6 is 0 Å². The van der Waals surface area contributed by atoms with Crippen molar-refractivity contribution in [3.05, 3.63) is 0 Å². The third-order valence-corrected chi connectivity index (χ3v) is 5.19. The van der Waals surface area contributed by atoms with Gasteiger partial charge in [0.1, 0.15) is 0 Å². The molecule has 0 aromatic carbocycles. The van der Waals surface area contributed by atoms with Crippen LogP contribution in [0.1, 0.15) is 53.4 Å². The zero-order valence-electron chi connectivity index (χ0n) is 10.8. The summed E-state index contributed by atoms with van der Waals surface area (Å²) >= 11 is 0. The summed E-state index contributed by atoms with van der Waals surface area (Å²) in [6, 6.07) is 0. The Labute approximate surface area is 94.2 Å². The smallest absolute Gasteiger partial charge is 0.0362 e. The molecule has 0 aromatic rings. The summed E-state index contributed by atoms with van der Waals surface area (Å²) in [6.45, 7) is 11.6. The van der Waals surface area contributed by atoms with Crippen LogP contribution in [0.25, 0.3) is 0 Å². The Morgan fingerprint density at radius 3 is 2.13 bits per heavy atom. The van der Waals surface area contributed by atoms with Crippen molar-refractivity contribution in [2.45, 2.75) is 64.5 Å². The lowest BCUT2D eigenvalue weighted by Crippen LogP contribution is -2.61.